The summed E-state index contributed by atoms with van der Waals surface area (Å²) < 4.78 is 2.13. The van der Waals surface area contributed by atoms with Crippen molar-refractivity contribution in [3.63, 3.8) is 0 Å². The highest BCUT2D eigenvalue weighted by Crippen LogP contribution is 2.20. The number of aryl methyl sites for hydroxylation is 2. The van der Waals surface area contributed by atoms with Crippen LogP contribution in [0, 0.1) is 20.8 Å². The van der Waals surface area contributed by atoms with Crippen LogP contribution in [0.1, 0.15) is 42.8 Å². The second-order valence-corrected chi connectivity index (χ2v) is 6.48. The SMILES string of the molecule is CC[C@H](C)NC(=O)C(=O)N/N=C\c1cc(C)n(-c2cccc(C)c2)c1C. The topological polar surface area (TPSA) is 75.5 Å². The molecule has 1 aromatic heterocycles. The van der Waals surface area contributed by atoms with Gasteiger partial charge in [-0.3, -0.25) is 9.59 Å². The van der Waals surface area contributed by atoms with Gasteiger partial charge >= 0.3 is 11.8 Å². The number of hydrogen-bond acceptors (Lipinski definition) is 3. The molecule has 0 aliphatic rings. The van der Waals surface area contributed by atoms with E-state index in [1.807, 2.05) is 39.8 Å². The van der Waals surface area contributed by atoms with Crippen LogP contribution in [0.3, 0.4) is 0 Å². The minimum atomic E-state index is -0.769. The number of hydrazone groups is 1. The fourth-order valence-corrected chi connectivity index (χ4v) is 2.69. The van der Waals surface area contributed by atoms with E-state index >= 15 is 0 Å². The Labute approximate surface area is 154 Å². The Morgan fingerprint density at radius 3 is 2.58 bits per heavy atom. The molecular weight excluding hydrogens is 328 g/mol. The van der Waals surface area contributed by atoms with Crippen LogP contribution in [0.5, 0.6) is 0 Å². The molecule has 0 saturated carbocycles. The van der Waals surface area contributed by atoms with Crippen LogP contribution in [0.2, 0.25) is 0 Å². The van der Waals surface area contributed by atoms with Crippen LogP contribution in [0.4, 0.5) is 0 Å². The first-order chi connectivity index (χ1) is 12.3. The molecule has 0 fully saturated rings. The number of nitrogens with one attached hydrogen (secondary N) is 2. The Morgan fingerprint density at radius 2 is 1.92 bits per heavy atom. The molecule has 0 unspecified atom stereocenters. The lowest BCUT2D eigenvalue weighted by molar-refractivity contribution is -0.139. The lowest BCUT2D eigenvalue weighted by Gasteiger charge is -2.10. The molecular formula is C20H26N4O2. The predicted octanol–water partition coefficient (Wildman–Crippen LogP) is 2.77. The Kier molecular flexibility index (Phi) is 6.33. The van der Waals surface area contributed by atoms with Crippen LogP contribution in [-0.4, -0.2) is 28.6 Å². The maximum atomic E-state index is 11.8. The summed E-state index contributed by atoms with van der Waals surface area (Å²) in [7, 11) is 0. The van der Waals surface area contributed by atoms with E-state index in [1.54, 1.807) is 6.21 Å². The molecule has 0 aliphatic carbocycles. The molecule has 0 radical (unpaired) electrons. The van der Waals surface area contributed by atoms with Crippen molar-refractivity contribution >= 4 is 18.0 Å². The summed E-state index contributed by atoms with van der Waals surface area (Å²) in [5.74, 6) is -1.45. The number of nitrogens with zero attached hydrogens (tertiary/aromatic N) is 2. The van der Waals surface area contributed by atoms with Crippen molar-refractivity contribution in [3.05, 3.63) is 52.8 Å². The summed E-state index contributed by atoms with van der Waals surface area (Å²) in [5, 5.41) is 6.52. The Morgan fingerprint density at radius 1 is 1.19 bits per heavy atom. The number of amides is 2. The lowest BCUT2D eigenvalue weighted by atomic mass is 10.2. The molecule has 0 spiro atoms. The van der Waals surface area contributed by atoms with Gasteiger partial charge in [-0.25, -0.2) is 5.43 Å². The Bertz CT molecular complexity index is 836. The molecule has 2 aromatic rings. The summed E-state index contributed by atoms with van der Waals surface area (Å²) in [4.78, 5) is 23.5. The van der Waals surface area contributed by atoms with E-state index in [1.165, 1.54) is 5.56 Å². The Balaban J connectivity index is 2.11. The van der Waals surface area contributed by atoms with Crippen molar-refractivity contribution in [2.24, 2.45) is 5.10 Å². The third kappa shape index (κ3) is 4.59. The quantitative estimate of drug-likeness (QED) is 0.492. The van der Waals surface area contributed by atoms with Gasteiger partial charge in [-0.05, 0) is 57.9 Å². The molecule has 6 heteroatoms. The van der Waals surface area contributed by atoms with E-state index in [9.17, 15) is 9.59 Å². The van der Waals surface area contributed by atoms with E-state index < -0.39 is 11.8 Å². The van der Waals surface area contributed by atoms with E-state index in [0.717, 1.165) is 29.1 Å². The average Bonchev–Trinajstić information content (AvgIpc) is 2.88. The number of carbonyl (C=O) groups excluding carboxylic acids is 2. The number of aromatic nitrogens is 1. The second kappa shape index (κ2) is 8.47. The normalized spacial score (nSPS) is 12.2. The molecule has 1 atom stereocenters. The van der Waals surface area contributed by atoms with Crippen molar-refractivity contribution in [3.8, 4) is 5.69 Å². The van der Waals surface area contributed by atoms with Crippen molar-refractivity contribution in [2.45, 2.75) is 47.1 Å². The monoisotopic (exact) mass is 354 g/mol. The maximum Gasteiger partial charge on any atom is 0.329 e. The molecule has 6 nitrogen and oxygen atoms in total. The maximum absolute atomic E-state index is 11.8. The summed E-state index contributed by atoms with van der Waals surface area (Å²) in [5.41, 5.74) is 7.50. The fourth-order valence-electron chi connectivity index (χ4n) is 2.69. The van der Waals surface area contributed by atoms with Crippen LogP contribution in [-0.2, 0) is 9.59 Å². The third-order valence-corrected chi connectivity index (χ3v) is 4.30. The van der Waals surface area contributed by atoms with Gasteiger partial charge in [-0.1, -0.05) is 19.1 Å². The van der Waals surface area contributed by atoms with Gasteiger partial charge in [0.05, 0.1) is 6.21 Å². The average molecular weight is 354 g/mol. The zero-order valence-corrected chi connectivity index (χ0v) is 16.0. The van der Waals surface area contributed by atoms with Crippen molar-refractivity contribution in [1.29, 1.82) is 0 Å². The standard InChI is InChI=1S/C20H26N4O2/c1-6-14(3)22-19(25)20(26)23-21-12-17-11-15(4)24(16(17)5)18-9-7-8-13(2)10-18/h7-12,14H,6H2,1-5H3,(H,22,25)(H,23,26)/b21-12-/t14-/m0/s1. The number of rotatable bonds is 5. The van der Waals surface area contributed by atoms with Gasteiger partial charge in [0.1, 0.15) is 0 Å². The molecule has 2 rings (SSSR count). The molecule has 138 valence electrons. The van der Waals surface area contributed by atoms with Crippen LogP contribution >= 0.6 is 0 Å². The molecule has 2 amide bonds. The van der Waals surface area contributed by atoms with Crippen molar-refractivity contribution < 1.29 is 9.59 Å². The van der Waals surface area contributed by atoms with Crippen molar-refractivity contribution in [1.82, 2.24) is 15.3 Å². The highest BCUT2D eigenvalue weighted by atomic mass is 16.2. The van der Waals surface area contributed by atoms with Crippen LogP contribution in [0.15, 0.2) is 35.4 Å². The first-order valence-corrected chi connectivity index (χ1v) is 8.73. The van der Waals surface area contributed by atoms with Gasteiger partial charge in [0.15, 0.2) is 0 Å². The molecule has 1 heterocycles. The Hall–Kier alpha value is -2.89. The summed E-state index contributed by atoms with van der Waals surface area (Å²) >= 11 is 0. The van der Waals surface area contributed by atoms with Gasteiger partial charge in [-0.15, -0.1) is 0 Å². The predicted molar refractivity (Wildman–Crippen MR) is 104 cm³/mol. The van der Waals surface area contributed by atoms with Gasteiger partial charge in [0, 0.05) is 28.7 Å². The smallest absolute Gasteiger partial charge is 0.329 e. The number of carbonyl (C=O) groups is 2. The number of hydrogen-bond donors (Lipinski definition) is 2. The molecule has 26 heavy (non-hydrogen) atoms. The number of benzene rings is 1. The highest BCUT2D eigenvalue weighted by Gasteiger charge is 2.14. The molecule has 0 bridgehead atoms. The van der Waals surface area contributed by atoms with Gasteiger partial charge in [0.2, 0.25) is 0 Å². The first kappa shape index (κ1) is 19.4. The summed E-state index contributed by atoms with van der Waals surface area (Å²) in [6.45, 7) is 9.85. The largest absolute Gasteiger partial charge is 0.345 e. The molecule has 0 saturated heterocycles. The van der Waals surface area contributed by atoms with Gasteiger partial charge in [-0.2, -0.15) is 5.10 Å². The van der Waals surface area contributed by atoms with Crippen LogP contribution < -0.4 is 10.7 Å². The zero-order valence-electron chi connectivity index (χ0n) is 16.0. The van der Waals surface area contributed by atoms with E-state index in [0.29, 0.717) is 0 Å². The second-order valence-electron chi connectivity index (χ2n) is 6.48. The van der Waals surface area contributed by atoms with Gasteiger partial charge in [0.25, 0.3) is 0 Å². The highest BCUT2D eigenvalue weighted by molar-refractivity contribution is 6.35. The van der Waals surface area contributed by atoms with Gasteiger partial charge < -0.3 is 9.88 Å². The fraction of sp³-hybridized carbons (Fsp3) is 0.350. The minimum absolute atomic E-state index is 0.0505. The molecule has 2 N–H and O–H groups in total. The lowest BCUT2D eigenvalue weighted by Crippen LogP contribution is -2.41. The molecule has 1 aromatic carbocycles. The minimum Gasteiger partial charge on any atom is -0.345 e. The van der Waals surface area contributed by atoms with E-state index in [2.05, 4.69) is 45.5 Å². The van der Waals surface area contributed by atoms with E-state index in [-0.39, 0.29) is 6.04 Å². The summed E-state index contributed by atoms with van der Waals surface area (Å²) in [6.07, 6.45) is 2.32. The third-order valence-electron chi connectivity index (χ3n) is 4.30. The molecule has 0 aliphatic heterocycles. The van der Waals surface area contributed by atoms with E-state index in [4.69, 9.17) is 0 Å². The first-order valence-electron chi connectivity index (χ1n) is 8.73. The zero-order chi connectivity index (χ0) is 19.3. The van der Waals surface area contributed by atoms with Crippen molar-refractivity contribution in [2.75, 3.05) is 0 Å². The van der Waals surface area contributed by atoms with Crippen LogP contribution in [0.25, 0.3) is 5.69 Å². The summed E-state index contributed by atoms with van der Waals surface area (Å²) in [6, 6.07) is 10.2.